The summed E-state index contributed by atoms with van der Waals surface area (Å²) in [5.74, 6) is 0.148. The van der Waals surface area contributed by atoms with E-state index in [1.807, 2.05) is 6.92 Å². The van der Waals surface area contributed by atoms with Gasteiger partial charge in [0.2, 0.25) is 0 Å². The summed E-state index contributed by atoms with van der Waals surface area (Å²) in [5, 5.41) is 3.31. The Kier molecular flexibility index (Phi) is 4.89. The van der Waals surface area contributed by atoms with Crippen LogP contribution in [-0.4, -0.2) is 13.2 Å². The second kappa shape index (κ2) is 6.48. The van der Waals surface area contributed by atoms with Crippen LogP contribution in [0.4, 0.5) is 4.39 Å². The molecule has 0 bridgehead atoms. The van der Waals surface area contributed by atoms with Crippen LogP contribution in [-0.2, 0) is 0 Å². The zero-order valence-electron chi connectivity index (χ0n) is 8.93. The summed E-state index contributed by atoms with van der Waals surface area (Å²) in [6, 6.07) is 4.64. The Labute approximate surface area is 93.0 Å². The summed E-state index contributed by atoms with van der Waals surface area (Å²) in [6.07, 6.45) is 3.16. The van der Waals surface area contributed by atoms with Crippen molar-refractivity contribution in [3.8, 4) is 5.75 Å². The first kappa shape index (κ1) is 12.1. The van der Waals surface area contributed by atoms with Gasteiger partial charge in [-0.05, 0) is 24.6 Å². The van der Waals surface area contributed by atoms with E-state index in [9.17, 15) is 4.39 Å². The minimum absolute atomic E-state index is 0.211. The molecule has 5 heteroatoms. The Bertz CT molecular complexity index is 425. The van der Waals surface area contributed by atoms with E-state index in [1.165, 1.54) is 6.07 Å². The predicted octanol–water partition coefficient (Wildman–Crippen LogP) is 3.55. The zero-order chi connectivity index (χ0) is 11.8. The highest BCUT2D eigenvalue weighted by molar-refractivity contribution is 5.51. The fraction of sp³-hybridized carbons (Fsp3) is 0.273. The third kappa shape index (κ3) is 3.63. The van der Waals surface area contributed by atoms with Crippen molar-refractivity contribution in [2.24, 2.45) is 5.11 Å². The molecule has 0 saturated carbocycles. The summed E-state index contributed by atoms with van der Waals surface area (Å²) in [7, 11) is 0. The quantitative estimate of drug-likeness (QED) is 0.426. The lowest BCUT2D eigenvalue weighted by molar-refractivity contribution is 0.338. The van der Waals surface area contributed by atoms with Gasteiger partial charge in [0.05, 0.1) is 6.61 Å². The Morgan fingerprint density at radius 3 is 3.00 bits per heavy atom. The van der Waals surface area contributed by atoms with Crippen LogP contribution in [0.2, 0.25) is 0 Å². The van der Waals surface area contributed by atoms with E-state index in [4.69, 9.17) is 10.3 Å². The van der Waals surface area contributed by atoms with Gasteiger partial charge in [-0.15, -0.1) is 0 Å². The molecular weight excluding hydrogens is 209 g/mol. The molecule has 0 aliphatic rings. The van der Waals surface area contributed by atoms with E-state index < -0.39 is 0 Å². The summed E-state index contributed by atoms with van der Waals surface area (Å²) in [5.41, 5.74) is 8.49. The van der Waals surface area contributed by atoms with Crippen LogP contribution in [0.15, 0.2) is 29.4 Å². The molecule has 0 heterocycles. The van der Waals surface area contributed by atoms with Gasteiger partial charge in [0, 0.05) is 23.1 Å². The molecule has 0 aromatic heterocycles. The van der Waals surface area contributed by atoms with Gasteiger partial charge in [0.1, 0.15) is 11.6 Å². The lowest BCUT2D eigenvalue weighted by Gasteiger charge is -2.03. The number of azide groups is 1. The van der Waals surface area contributed by atoms with Crippen molar-refractivity contribution < 1.29 is 9.13 Å². The molecule has 0 aliphatic heterocycles. The third-order valence-corrected chi connectivity index (χ3v) is 1.83. The fourth-order valence-corrected chi connectivity index (χ4v) is 1.16. The molecule has 1 rings (SSSR count). The number of halogens is 1. The summed E-state index contributed by atoms with van der Waals surface area (Å²) >= 11 is 0. The third-order valence-electron chi connectivity index (χ3n) is 1.83. The zero-order valence-corrected chi connectivity index (χ0v) is 8.93. The molecule has 84 valence electrons. The second-order valence-corrected chi connectivity index (χ2v) is 2.93. The number of benzene rings is 1. The molecule has 0 fully saturated rings. The molecule has 0 amide bonds. The first-order chi connectivity index (χ1) is 7.77. The Morgan fingerprint density at radius 2 is 2.38 bits per heavy atom. The number of ether oxygens (including phenoxy) is 1. The number of hydrogen-bond acceptors (Lipinski definition) is 2. The van der Waals surface area contributed by atoms with Crippen LogP contribution in [0, 0.1) is 5.82 Å². The van der Waals surface area contributed by atoms with Crippen molar-refractivity contribution in [2.75, 3.05) is 13.2 Å². The molecule has 1 aromatic rings. The predicted molar refractivity (Wildman–Crippen MR) is 60.6 cm³/mol. The van der Waals surface area contributed by atoms with Crippen LogP contribution in [0.25, 0.3) is 16.5 Å². The molecule has 0 unspecified atom stereocenters. The molecule has 16 heavy (non-hydrogen) atoms. The maximum atomic E-state index is 13.4. The SMILES string of the molecule is CCOc1ccc(C=CCN=[N+]=[N-])c(F)c1. The minimum atomic E-state index is -0.358. The van der Waals surface area contributed by atoms with Crippen molar-refractivity contribution in [2.45, 2.75) is 6.92 Å². The molecule has 0 atom stereocenters. The minimum Gasteiger partial charge on any atom is -0.494 e. The second-order valence-electron chi connectivity index (χ2n) is 2.93. The largest absolute Gasteiger partial charge is 0.494 e. The number of nitrogens with zero attached hydrogens (tertiary/aromatic N) is 3. The van der Waals surface area contributed by atoms with E-state index in [0.29, 0.717) is 17.9 Å². The molecule has 1 aromatic carbocycles. The average Bonchev–Trinajstić information content (AvgIpc) is 2.27. The van der Waals surface area contributed by atoms with Crippen molar-refractivity contribution >= 4 is 6.08 Å². The maximum absolute atomic E-state index is 13.4. The monoisotopic (exact) mass is 221 g/mol. The first-order valence-electron chi connectivity index (χ1n) is 4.87. The van der Waals surface area contributed by atoms with Crippen LogP contribution < -0.4 is 4.74 Å². The summed E-state index contributed by atoms with van der Waals surface area (Å²) < 4.78 is 18.6. The van der Waals surface area contributed by atoms with E-state index in [1.54, 1.807) is 24.3 Å². The topological polar surface area (TPSA) is 58.0 Å². The highest BCUT2D eigenvalue weighted by Crippen LogP contribution is 2.17. The lowest BCUT2D eigenvalue weighted by Crippen LogP contribution is -1.92. The standard InChI is InChI=1S/C11H12FN3O/c1-2-16-10-6-5-9(11(12)8-10)4-3-7-14-15-13/h3-6,8H,2,7H2,1H3. The molecule has 0 saturated heterocycles. The average molecular weight is 221 g/mol. The Hall–Kier alpha value is -2.00. The number of hydrogen-bond donors (Lipinski definition) is 0. The van der Waals surface area contributed by atoms with E-state index in [2.05, 4.69) is 10.0 Å². The molecule has 0 N–H and O–H groups in total. The Morgan fingerprint density at radius 1 is 1.56 bits per heavy atom. The van der Waals surface area contributed by atoms with Crippen LogP contribution >= 0.6 is 0 Å². The smallest absolute Gasteiger partial charge is 0.134 e. The van der Waals surface area contributed by atoms with Gasteiger partial charge in [-0.3, -0.25) is 0 Å². The van der Waals surface area contributed by atoms with Gasteiger partial charge in [-0.1, -0.05) is 17.3 Å². The summed E-state index contributed by atoms with van der Waals surface area (Å²) in [6.45, 7) is 2.56. The van der Waals surface area contributed by atoms with Crippen molar-refractivity contribution in [1.29, 1.82) is 0 Å². The first-order valence-corrected chi connectivity index (χ1v) is 4.87. The van der Waals surface area contributed by atoms with Crippen LogP contribution in [0.5, 0.6) is 5.75 Å². The van der Waals surface area contributed by atoms with Gasteiger partial charge in [0.15, 0.2) is 0 Å². The molecule has 0 spiro atoms. The van der Waals surface area contributed by atoms with Gasteiger partial charge >= 0.3 is 0 Å². The van der Waals surface area contributed by atoms with Crippen molar-refractivity contribution in [3.05, 3.63) is 46.1 Å². The van der Waals surface area contributed by atoms with Gasteiger partial charge in [0.25, 0.3) is 0 Å². The van der Waals surface area contributed by atoms with Gasteiger partial charge < -0.3 is 4.74 Å². The van der Waals surface area contributed by atoms with E-state index >= 15 is 0 Å². The molecule has 0 aliphatic carbocycles. The van der Waals surface area contributed by atoms with E-state index in [0.717, 1.165) is 0 Å². The fourth-order valence-electron chi connectivity index (χ4n) is 1.16. The summed E-state index contributed by atoms with van der Waals surface area (Å²) in [4.78, 5) is 2.59. The highest BCUT2D eigenvalue weighted by atomic mass is 19.1. The van der Waals surface area contributed by atoms with Gasteiger partial charge in [-0.25, -0.2) is 4.39 Å². The Balaban J connectivity index is 2.74. The van der Waals surface area contributed by atoms with Crippen LogP contribution in [0.3, 0.4) is 0 Å². The molecule has 0 radical (unpaired) electrons. The van der Waals surface area contributed by atoms with E-state index in [-0.39, 0.29) is 12.4 Å². The number of rotatable bonds is 5. The lowest BCUT2D eigenvalue weighted by atomic mass is 10.2. The molecule has 4 nitrogen and oxygen atoms in total. The van der Waals surface area contributed by atoms with Crippen molar-refractivity contribution in [1.82, 2.24) is 0 Å². The molecular formula is C11H12FN3O. The van der Waals surface area contributed by atoms with Crippen molar-refractivity contribution in [3.63, 3.8) is 0 Å². The highest BCUT2D eigenvalue weighted by Gasteiger charge is 2.00. The van der Waals surface area contributed by atoms with Crippen LogP contribution in [0.1, 0.15) is 12.5 Å². The normalized spacial score (nSPS) is 10.1. The maximum Gasteiger partial charge on any atom is 0.134 e. The van der Waals surface area contributed by atoms with Gasteiger partial charge in [-0.2, -0.15) is 0 Å².